The Morgan fingerprint density at radius 2 is 1.95 bits per heavy atom. The Hall–Kier alpha value is -1.03. The van der Waals surface area contributed by atoms with Gasteiger partial charge in [0.25, 0.3) is 0 Å². The summed E-state index contributed by atoms with van der Waals surface area (Å²) in [5, 5.41) is 0.689. The molecule has 2 aromatic rings. The Morgan fingerprint density at radius 3 is 2.60 bits per heavy atom. The van der Waals surface area contributed by atoms with Crippen molar-refractivity contribution in [1.82, 2.24) is 0 Å². The van der Waals surface area contributed by atoms with Gasteiger partial charge in [-0.3, -0.25) is 0 Å². The molecule has 2 N–H and O–H groups in total. The highest BCUT2D eigenvalue weighted by molar-refractivity contribution is 9.10. The Kier molecular flexibility index (Phi) is 5.46. The van der Waals surface area contributed by atoms with Gasteiger partial charge < -0.3 is 10.5 Å². The maximum Gasteiger partial charge on any atom is 0.139 e. The van der Waals surface area contributed by atoms with E-state index in [0.717, 1.165) is 22.2 Å². The van der Waals surface area contributed by atoms with Gasteiger partial charge in [0.05, 0.1) is 0 Å². The maximum absolute atomic E-state index is 6.21. The summed E-state index contributed by atoms with van der Waals surface area (Å²) in [5.74, 6) is 0.785. The van der Waals surface area contributed by atoms with Gasteiger partial charge >= 0.3 is 0 Å². The average Bonchev–Trinajstić information content (AvgIpc) is 2.44. The summed E-state index contributed by atoms with van der Waals surface area (Å²) in [4.78, 5) is 0. The van der Waals surface area contributed by atoms with Crippen molar-refractivity contribution in [2.24, 2.45) is 5.73 Å². The number of hydrogen-bond donors (Lipinski definition) is 1. The summed E-state index contributed by atoms with van der Waals surface area (Å²) in [6.45, 7) is 2.05. The number of benzene rings is 2. The first-order chi connectivity index (χ1) is 9.60. The van der Waals surface area contributed by atoms with Gasteiger partial charge in [-0.2, -0.15) is 0 Å². The Balaban J connectivity index is 2.29. The molecule has 0 aliphatic heterocycles. The third-order valence-corrected chi connectivity index (χ3v) is 3.82. The lowest BCUT2D eigenvalue weighted by atomic mass is 10.0. The number of rotatable bonds is 5. The predicted molar refractivity (Wildman–Crippen MR) is 87.2 cm³/mol. The van der Waals surface area contributed by atoms with Crippen molar-refractivity contribution in [1.29, 1.82) is 0 Å². The first-order valence-electron chi connectivity index (χ1n) is 6.53. The van der Waals surface area contributed by atoms with Crippen LogP contribution in [0, 0.1) is 0 Å². The largest absolute Gasteiger partial charge is 0.484 e. The van der Waals surface area contributed by atoms with Crippen LogP contribution in [0.25, 0.3) is 0 Å². The first-order valence-corrected chi connectivity index (χ1v) is 7.70. The van der Waals surface area contributed by atoms with Crippen LogP contribution in [-0.2, 0) is 0 Å². The van der Waals surface area contributed by atoms with Gasteiger partial charge in [-0.1, -0.05) is 52.7 Å². The van der Waals surface area contributed by atoms with Crippen molar-refractivity contribution in [3.05, 3.63) is 63.6 Å². The van der Waals surface area contributed by atoms with E-state index in [1.54, 1.807) is 0 Å². The van der Waals surface area contributed by atoms with E-state index in [0.29, 0.717) is 5.02 Å². The van der Waals surface area contributed by atoms with Crippen molar-refractivity contribution in [3.63, 3.8) is 0 Å². The second-order valence-corrected chi connectivity index (χ2v) is 5.98. The van der Waals surface area contributed by atoms with Gasteiger partial charge in [0, 0.05) is 15.5 Å². The topological polar surface area (TPSA) is 35.2 Å². The highest BCUT2D eigenvalue weighted by atomic mass is 79.9. The van der Waals surface area contributed by atoms with Crippen LogP contribution in [0.4, 0.5) is 0 Å². The molecule has 20 heavy (non-hydrogen) atoms. The SMILES string of the molecule is CCC(N)C(Oc1cccc(Br)c1)c1cccc(Cl)c1. The van der Waals surface area contributed by atoms with Crippen molar-refractivity contribution in [2.75, 3.05) is 0 Å². The zero-order chi connectivity index (χ0) is 14.5. The molecule has 0 aliphatic rings. The van der Waals surface area contributed by atoms with E-state index >= 15 is 0 Å². The summed E-state index contributed by atoms with van der Waals surface area (Å²) >= 11 is 9.50. The highest BCUT2D eigenvalue weighted by Gasteiger charge is 2.20. The molecule has 2 unspecified atom stereocenters. The van der Waals surface area contributed by atoms with E-state index in [1.165, 1.54) is 0 Å². The Bertz CT molecular complexity index is 576. The lowest BCUT2D eigenvalue weighted by molar-refractivity contribution is 0.171. The van der Waals surface area contributed by atoms with Crippen LogP contribution in [0.2, 0.25) is 5.02 Å². The van der Waals surface area contributed by atoms with Crippen LogP contribution in [0.1, 0.15) is 25.0 Å². The number of ether oxygens (including phenoxy) is 1. The average molecular weight is 355 g/mol. The molecule has 0 bridgehead atoms. The van der Waals surface area contributed by atoms with Crippen LogP contribution >= 0.6 is 27.5 Å². The minimum Gasteiger partial charge on any atom is -0.484 e. The molecule has 0 saturated heterocycles. The van der Waals surface area contributed by atoms with Crippen LogP contribution in [0.15, 0.2) is 53.0 Å². The second-order valence-electron chi connectivity index (χ2n) is 4.62. The molecule has 2 atom stereocenters. The smallest absolute Gasteiger partial charge is 0.139 e. The molecule has 106 valence electrons. The molecule has 0 spiro atoms. The van der Waals surface area contributed by atoms with E-state index in [-0.39, 0.29) is 12.1 Å². The van der Waals surface area contributed by atoms with E-state index in [9.17, 15) is 0 Å². The Labute approximate surface area is 133 Å². The quantitative estimate of drug-likeness (QED) is 0.823. The number of nitrogens with two attached hydrogens (primary N) is 1. The molecule has 0 heterocycles. The monoisotopic (exact) mass is 353 g/mol. The molecule has 2 rings (SSSR count). The molecule has 2 aromatic carbocycles. The fourth-order valence-electron chi connectivity index (χ4n) is 1.99. The van der Waals surface area contributed by atoms with E-state index in [4.69, 9.17) is 22.1 Å². The normalized spacial score (nSPS) is 13.8. The molecule has 0 radical (unpaired) electrons. The molecule has 0 amide bonds. The van der Waals surface area contributed by atoms with Crippen LogP contribution in [-0.4, -0.2) is 6.04 Å². The molecule has 4 heteroatoms. The summed E-state index contributed by atoms with van der Waals surface area (Å²) in [6, 6.07) is 15.3. The predicted octanol–water partition coefficient (Wildman–Crippen LogP) is 4.96. The standard InChI is InChI=1S/C16H17BrClNO/c1-2-15(19)16(11-5-3-7-13(18)9-11)20-14-8-4-6-12(17)10-14/h3-10,15-16H,2,19H2,1H3. The molecule has 0 fully saturated rings. The second kappa shape index (κ2) is 7.11. The van der Waals surface area contributed by atoms with Crippen molar-refractivity contribution >= 4 is 27.5 Å². The first kappa shape index (κ1) is 15.4. The third kappa shape index (κ3) is 3.98. The third-order valence-electron chi connectivity index (χ3n) is 3.10. The Morgan fingerprint density at radius 1 is 1.20 bits per heavy atom. The van der Waals surface area contributed by atoms with Gasteiger partial charge in [-0.15, -0.1) is 0 Å². The lowest BCUT2D eigenvalue weighted by Gasteiger charge is -2.25. The van der Waals surface area contributed by atoms with Gasteiger partial charge in [-0.25, -0.2) is 0 Å². The summed E-state index contributed by atoms with van der Waals surface area (Å²) < 4.78 is 7.05. The molecule has 0 saturated carbocycles. The van der Waals surface area contributed by atoms with Gasteiger partial charge in [0.15, 0.2) is 0 Å². The number of halogens is 2. The summed E-state index contributed by atoms with van der Waals surface area (Å²) in [7, 11) is 0. The molecular weight excluding hydrogens is 338 g/mol. The van der Waals surface area contributed by atoms with Crippen LogP contribution < -0.4 is 10.5 Å². The molecule has 2 nitrogen and oxygen atoms in total. The van der Waals surface area contributed by atoms with Gasteiger partial charge in [-0.05, 0) is 42.3 Å². The lowest BCUT2D eigenvalue weighted by Crippen LogP contribution is -2.31. The molecule has 0 aliphatic carbocycles. The minimum atomic E-state index is -0.215. The van der Waals surface area contributed by atoms with Crippen LogP contribution in [0.5, 0.6) is 5.75 Å². The fraction of sp³-hybridized carbons (Fsp3) is 0.250. The highest BCUT2D eigenvalue weighted by Crippen LogP contribution is 2.28. The fourth-order valence-corrected chi connectivity index (χ4v) is 2.56. The zero-order valence-corrected chi connectivity index (χ0v) is 13.6. The molecule has 0 aromatic heterocycles. The molecular formula is C16H17BrClNO. The van der Waals surface area contributed by atoms with E-state index < -0.39 is 0 Å². The van der Waals surface area contributed by atoms with E-state index in [1.807, 2.05) is 55.5 Å². The van der Waals surface area contributed by atoms with Crippen molar-refractivity contribution < 1.29 is 4.74 Å². The maximum atomic E-state index is 6.21. The van der Waals surface area contributed by atoms with Crippen molar-refractivity contribution in [3.8, 4) is 5.75 Å². The number of hydrogen-bond acceptors (Lipinski definition) is 2. The van der Waals surface area contributed by atoms with Crippen LogP contribution in [0.3, 0.4) is 0 Å². The van der Waals surface area contributed by atoms with Gasteiger partial charge in [0.2, 0.25) is 0 Å². The minimum absolute atomic E-state index is 0.0903. The summed E-state index contributed by atoms with van der Waals surface area (Å²) in [6.07, 6.45) is 0.610. The van der Waals surface area contributed by atoms with Crippen molar-refractivity contribution in [2.45, 2.75) is 25.5 Å². The van der Waals surface area contributed by atoms with Gasteiger partial charge in [0.1, 0.15) is 11.9 Å². The summed E-state index contributed by atoms with van der Waals surface area (Å²) in [5.41, 5.74) is 7.20. The van der Waals surface area contributed by atoms with E-state index in [2.05, 4.69) is 15.9 Å². The zero-order valence-electron chi connectivity index (χ0n) is 11.2.